The number of hydrogen-bond donors (Lipinski definition) is 2. The van der Waals surface area contributed by atoms with Crippen LogP contribution in [0.2, 0.25) is 0 Å². The highest BCUT2D eigenvalue weighted by atomic mass is 16.5. The molecule has 5 heteroatoms. The highest BCUT2D eigenvalue weighted by Crippen LogP contribution is 2.20. The summed E-state index contributed by atoms with van der Waals surface area (Å²) < 4.78 is 5.13. The first-order chi connectivity index (χ1) is 8.72. The Labute approximate surface area is 106 Å². The second-order valence-electron chi connectivity index (χ2n) is 3.36. The van der Waals surface area contributed by atoms with Crippen molar-refractivity contribution in [2.75, 3.05) is 20.3 Å². The van der Waals surface area contributed by atoms with Gasteiger partial charge in [0.2, 0.25) is 5.91 Å². The molecule has 0 aromatic heterocycles. The predicted octanol–water partition coefficient (Wildman–Crippen LogP) is 1.06. The Balaban J connectivity index is 2.97. The number of carbonyl (C=O) groups is 1. The van der Waals surface area contributed by atoms with Gasteiger partial charge in [0, 0.05) is 12.1 Å². The molecule has 1 rings (SSSR count). The summed E-state index contributed by atoms with van der Waals surface area (Å²) in [5, 5.41) is 11.0. The van der Waals surface area contributed by atoms with Gasteiger partial charge in [-0.1, -0.05) is 18.2 Å². The molecule has 0 saturated heterocycles. The predicted molar refractivity (Wildman–Crippen MR) is 67.7 cm³/mol. The molecule has 0 unspecified atom stereocenters. The van der Waals surface area contributed by atoms with Crippen LogP contribution in [0.25, 0.3) is 10.9 Å². The van der Waals surface area contributed by atoms with Crippen LogP contribution >= 0.6 is 0 Å². The quantitative estimate of drug-likeness (QED) is 0.603. The third kappa shape index (κ3) is 3.61. The molecule has 94 valence electrons. The minimum atomic E-state index is -0.509. The number of hydrogen-bond acceptors (Lipinski definition) is 3. The molecule has 0 aliphatic rings. The van der Waals surface area contributed by atoms with Crippen LogP contribution in [-0.2, 0) is 4.79 Å². The second-order valence-corrected chi connectivity index (χ2v) is 3.36. The van der Waals surface area contributed by atoms with Crippen LogP contribution in [0.3, 0.4) is 0 Å². The zero-order valence-electron chi connectivity index (χ0n) is 10.0. The van der Waals surface area contributed by atoms with E-state index in [4.69, 9.17) is 16.4 Å². The molecule has 0 heterocycles. The number of aliphatic hydroxyl groups is 1. The lowest BCUT2D eigenvalue weighted by atomic mass is 10.1. The van der Waals surface area contributed by atoms with Gasteiger partial charge in [0.25, 0.3) is 5.70 Å². The summed E-state index contributed by atoms with van der Waals surface area (Å²) in [5.74, 6) is 0.0820. The summed E-state index contributed by atoms with van der Waals surface area (Å²) in [6.45, 7) is 6.96. The number of nitrogens with zero attached hydrogens (tertiary/aromatic N) is 1. The van der Waals surface area contributed by atoms with E-state index < -0.39 is 5.91 Å². The van der Waals surface area contributed by atoms with E-state index in [-0.39, 0.29) is 18.8 Å². The SMILES string of the molecule is [C-]#[N+]C(=Cc1ccccc1OC)C(=O)NCCO. The molecule has 0 saturated carbocycles. The van der Waals surface area contributed by atoms with Crippen LogP contribution in [0.4, 0.5) is 0 Å². The summed E-state index contributed by atoms with van der Waals surface area (Å²) in [6, 6.07) is 7.10. The molecule has 2 N–H and O–H groups in total. The zero-order valence-corrected chi connectivity index (χ0v) is 10.0. The highest BCUT2D eigenvalue weighted by molar-refractivity contribution is 5.99. The summed E-state index contributed by atoms with van der Waals surface area (Å²) in [6.07, 6.45) is 1.46. The zero-order chi connectivity index (χ0) is 13.4. The van der Waals surface area contributed by atoms with Crippen molar-refractivity contribution in [1.29, 1.82) is 0 Å². The number of carbonyl (C=O) groups excluding carboxylic acids is 1. The fourth-order valence-electron chi connectivity index (χ4n) is 1.34. The topological polar surface area (TPSA) is 62.9 Å². The van der Waals surface area contributed by atoms with Crippen LogP contribution in [-0.4, -0.2) is 31.3 Å². The normalized spacial score (nSPS) is 10.6. The summed E-state index contributed by atoms with van der Waals surface area (Å²) in [4.78, 5) is 14.8. The average molecular weight is 246 g/mol. The minimum Gasteiger partial charge on any atom is -0.496 e. The largest absolute Gasteiger partial charge is 0.496 e. The smallest absolute Gasteiger partial charge is 0.250 e. The van der Waals surface area contributed by atoms with Crippen molar-refractivity contribution < 1.29 is 14.6 Å². The van der Waals surface area contributed by atoms with E-state index in [2.05, 4.69) is 10.2 Å². The van der Waals surface area contributed by atoms with E-state index in [0.717, 1.165) is 0 Å². The average Bonchev–Trinajstić information content (AvgIpc) is 2.42. The van der Waals surface area contributed by atoms with E-state index >= 15 is 0 Å². The molecule has 0 aliphatic heterocycles. The van der Waals surface area contributed by atoms with Crippen molar-refractivity contribution in [2.24, 2.45) is 0 Å². The van der Waals surface area contributed by atoms with Crippen molar-refractivity contribution in [3.63, 3.8) is 0 Å². The molecule has 1 aromatic rings. The van der Waals surface area contributed by atoms with Gasteiger partial charge in [-0.25, -0.2) is 4.85 Å². The first kappa shape index (κ1) is 13.7. The van der Waals surface area contributed by atoms with Crippen LogP contribution in [0, 0.1) is 6.57 Å². The molecule has 0 aliphatic carbocycles. The van der Waals surface area contributed by atoms with Crippen molar-refractivity contribution >= 4 is 12.0 Å². The van der Waals surface area contributed by atoms with Gasteiger partial charge in [0.05, 0.1) is 20.3 Å². The standard InChI is InChI=1S/C13H14N2O3/c1-14-11(13(17)15-7-8-16)9-10-5-3-4-6-12(10)18-2/h3-6,9,16H,7-8H2,2H3,(H,15,17). The number of amides is 1. The lowest BCUT2D eigenvalue weighted by Crippen LogP contribution is -2.26. The lowest BCUT2D eigenvalue weighted by Gasteiger charge is -2.05. The summed E-state index contributed by atoms with van der Waals surface area (Å²) >= 11 is 0. The molecule has 0 fully saturated rings. The van der Waals surface area contributed by atoms with E-state index in [1.54, 1.807) is 24.3 Å². The Morgan fingerprint density at radius 1 is 1.56 bits per heavy atom. The van der Waals surface area contributed by atoms with Gasteiger partial charge in [-0.3, -0.25) is 4.79 Å². The molecule has 0 atom stereocenters. The van der Waals surface area contributed by atoms with Crippen LogP contribution < -0.4 is 10.1 Å². The summed E-state index contributed by atoms with van der Waals surface area (Å²) in [5.41, 5.74) is 0.609. The van der Waals surface area contributed by atoms with Crippen molar-refractivity contribution in [1.82, 2.24) is 5.32 Å². The van der Waals surface area contributed by atoms with Crippen molar-refractivity contribution in [2.45, 2.75) is 0 Å². The Morgan fingerprint density at radius 2 is 2.28 bits per heavy atom. The van der Waals surface area contributed by atoms with Crippen molar-refractivity contribution in [3.05, 3.63) is 46.9 Å². The van der Waals surface area contributed by atoms with Crippen LogP contribution in [0.15, 0.2) is 30.0 Å². The number of methoxy groups -OCH3 is 1. The lowest BCUT2D eigenvalue weighted by molar-refractivity contribution is -0.117. The first-order valence-electron chi connectivity index (χ1n) is 5.34. The van der Waals surface area contributed by atoms with Gasteiger partial charge < -0.3 is 15.2 Å². The first-order valence-corrected chi connectivity index (χ1v) is 5.34. The fourth-order valence-corrected chi connectivity index (χ4v) is 1.34. The van der Waals surface area contributed by atoms with Crippen molar-refractivity contribution in [3.8, 4) is 5.75 Å². The van der Waals surface area contributed by atoms with Gasteiger partial charge in [0.15, 0.2) is 0 Å². The monoisotopic (exact) mass is 246 g/mol. The Kier molecular flexibility index (Phi) is 5.42. The van der Waals surface area contributed by atoms with Gasteiger partial charge in [-0.05, 0) is 12.1 Å². The van der Waals surface area contributed by atoms with E-state index in [0.29, 0.717) is 11.3 Å². The maximum atomic E-state index is 11.6. The minimum absolute atomic E-state index is 0.0482. The molecule has 1 aromatic carbocycles. The number of aliphatic hydroxyl groups excluding tert-OH is 1. The van der Waals surface area contributed by atoms with E-state index in [1.807, 2.05) is 0 Å². The maximum Gasteiger partial charge on any atom is 0.250 e. The van der Waals surface area contributed by atoms with Crippen LogP contribution in [0.5, 0.6) is 5.75 Å². The molecule has 5 nitrogen and oxygen atoms in total. The maximum absolute atomic E-state index is 11.6. The van der Waals surface area contributed by atoms with Gasteiger partial charge >= 0.3 is 0 Å². The number of nitrogens with one attached hydrogen (secondary N) is 1. The second kappa shape index (κ2) is 7.09. The number of benzene rings is 1. The van der Waals surface area contributed by atoms with Crippen LogP contribution in [0.1, 0.15) is 5.56 Å². The number of rotatable bonds is 5. The highest BCUT2D eigenvalue weighted by Gasteiger charge is 2.10. The Hall–Kier alpha value is -2.32. The molecule has 0 bridgehead atoms. The van der Waals surface area contributed by atoms with Gasteiger partial charge in [-0.2, -0.15) is 0 Å². The van der Waals surface area contributed by atoms with E-state index in [1.165, 1.54) is 13.2 Å². The molecular formula is C13H14N2O3. The Morgan fingerprint density at radius 3 is 2.89 bits per heavy atom. The summed E-state index contributed by atoms with van der Waals surface area (Å²) in [7, 11) is 1.52. The molecule has 0 spiro atoms. The van der Waals surface area contributed by atoms with E-state index in [9.17, 15) is 4.79 Å². The third-order valence-electron chi connectivity index (χ3n) is 2.18. The molecular weight excluding hydrogens is 232 g/mol. The molecule has 18 heavy (non-hydrogen) atoms. The fraction of sp³-hybridized carbons (Fsp3) is 0.231. The number of para-hydroxylation sites is 1. The van der Waals surface area contributed by atoms with Gasteiger partial charge in [0.1, 0.15) is 5.75 Å². The molecule has 1 amide bonds. The third-order valence-corrected chi connectivity index (χ3v) is 2.18. The Bertz CT molecular complexity index is 489. The van der Waals surface area contributed by atoms with Gasteiger partial charge in [-0.15, -0.1) is 0 Å². The molecule has 0 radical (unpaired) electrons. The number of ether oxygens (including phenoxy) is 1.